The summed E-state index contributed by atoms with van der Waals surface area (Å²) in [6.07, 6.45) is 0.517. The third-order valence-corrected chi connectivity index (χ3v) is 5.30. The van der Waals surface area contributed by atoms with Crippen LogP contribution >= 0.6 is 0 Å². The Labute approximate surface area is 179 Å². The van der Waals surface area contributed by atoms with E-state index in [2.05, 4.69) is 4.74 Å². The summed E-state index contributed by atoms with van der Waals surface area (Å²) < 4.78 is 21.6. The van der Waals surface area contributed by atoms with Crippen molar-refractivity contribution in [2.24, 2.45) is 0 Å². The molecule has 0 fully saturated rings. The Morgan fingerprint density at radius 1 is 0.935 bits per heavy atom. The van der Waals surface area contributed by atoms with Gasteiger partial charge in [0.05, 0.1) is 7.11 Å². The average molecular weight is 418 g/mol. The summed E-state index contributed by atoms with van der Waals surface area (Å²) in [5.41, 5.74) is 3.49. The monoisotopic (exact) mass is 418 g/mol. The van der Waals surface area contributed by atoms with Gasteiger partial charge in [-0.1, -0.05) is 30.3 Å². The van der Waals surface area contributed by atoms with E-state index in [0.717, 1.165) is 22.1 Å². The molecule has 2 aromatic carbocycles. The molecule has 2 aromatic heterocycles. The van der Waals surface area contributed by atoms with Crippen LogP contribution in [0.2, 0.25) is 0 Å². The van der Waals surface area contributed by atoms with Crippen molar-refractivity contribution >= 4 is 16.9 Å². The fraction of sp³-hybridized carbons (Fsp3) is 0.200. The largest absolute Gasteiger partial charge is 0.485 e. The van der Waals surface area contributed by atoms with Crippen LogP contribution in [0.5, 0.6) is 5.75 Å². The molecule has 0 aliphatic carbocycles. The van der Waals surface area contributed by atoms with Gasteiger partial charge in [0, 0.05) is 22.9 Å². The summed E-state index contributed by atoms with van der Waals surface area (Å²) in [7, 11) is 1.29. The van der Waals surface area contributed by atoms with Crippen molar-refractivity contribution in [1.82, 2.24) is 0 Å². The highest BCUT2D eigenvalue weighted by molar-refractivity contribution is 5.86. The Bertz CT molecular complexity index is 1300. The standard InChI is InChI=1S/C25H22O6/c1-15-19-10-12-21(29-14-18-9-11-22(30-18)25(27)28-3)16(2)23(19)31-24(26)20(15)13-17-7-5-4-6-8-17/h4-12H,13-14H2,1-3H3. The van der Waals surface area contributed by atoms with E-state index in [1.165, 1.54) is 13.2 Å². The van der Waals surface area contributed by atoms with Gasteiger partial charge in [0.15, 0.2) is 0 Å². The predicted molar refractivity (Wildman–Crippen MR) is 116 cm³/mol. The second-order valence-corrected chi connectivity index (χ2v) is 7.27. The first kappa shape index (κ1) is 20.5. The van der Waals surface area contributed by atoms with Gasteiger partial charge in [0.1, 0.15) is 23.7 Å². The van der Waals surface area contributed by atoms with Crippen LogP contribution in [0.1, 0.15) is 38.6 Å². The van der Waals surface area contributed by atoms with E-state index < -0.39 is 5.97 Å². The van der Waals surface area contributed by atoms with Crippen molar-refractivity contribution in [3.8, 4) is 5.75 Å². The van der Waals surface area contributed by atoms with Crippen LogP contribution in [-0.4, -0.2) is 13.1 Å². The summed E-state index contributed by atoms with van der Waals surface area (Å²) in [5, 5.41) is 0.876. The first-order valence-corrected chi connectivity index (χ1v) is 9.87. The van der Waals surface area contributed by atoms with Gasteiger partial charge in [-0.25, -0.2) is 9.59 Å². The highest BCUT2D eigenvalue weighted by atomic mass is 16.5. The average Bonchev–Trinajstić information content (AvgIpc) is 3.26. The first-order valence-electron chi connectivity index (χ1n) is 9.87. The molecule has 0 spiro atoms. The number of ether oxygens (including phenoxy) is 2. The number of furan rings is 1. The quantitative estimate of drug-likeness (QED) is 0.325. The lowest BCUT2D eigenvalue weighted by Gasteiger charge is -2.13. The van der Waals surface area contributed by atoms with Crippen molar-refractivity contribution in [2.75, 3.05) is 7.11 Å². The first-order chi connectivity index (χ1) is 15.0. The lowest BCUT2D eigenvalue weighted by Crippen LogP contribution is -2.11. The summed E-state index contributed by atoms with van der Waals surface area (Å²) in [4.78, 5) is 24.2. The van der Waals surface area contributed by atoms with Crippen LogP contribution in [0.4, 0.5) is 0 Å². The van der Waals surface area contributed by atoms with Gasteiger partial charge < -0.3 is 18.3 Å². The number of benzene rings is 2. The fourth-order valence-electron chi connectivity index (χ4n) is 3.55. The second kappa shape index (κ2) is 8.52. The molecule has 4 aromatic rings. The van der Waals surface area contributed by atoms with E-state index in [9.17, 15) is 9.59 Å². The third-order valence-electron chi connectivity index (χ3n) is 5.30. The number of carbonyl (C=O) groups excluding carboxylic acids is 1. The number of hydrogen-bond donors (Lipinski definition) is 0. The van der Waals surface area contributed by atoms with E-state index in [1.54, 1.807) is 6.07 Å². The van der Waals surface area contributed by atoms with Crippen molar-refractivity contribution in [3.63, 3.8) is 0 Å². The number of aryl methyl sites for hydroxylation is 2. The van der Waals surface area contributed by atoms with Gasteiger partial charge in [-0.3, -0.25) is 0 Å². The molecule has 0 unspecified atom stereocenters. The molecule has 0 saturated heterocycles. The van der Waals surface area contributed by atoms with Crippen LogP contribution in [0.15, 0.2) is 68.2 Å². The molecule has 0 atom stereocenters. The maximum absolute atomic E-state index is 12.7. The SMILES string of the molecule is COC(=O)c1ccc(COc2ccc3c(C)c(Cc4ccccc4)c(=O)oc3c2C)o1. The molecule has 0 bridgehead atoms. The molecule has 0 radical (unpaired) electrons. The van der Waals surface area contributed by atoms with Crippen molar-refractivity contribution in [2.45, 2.75) is 26.9 Å². The summed E-state index contributed by atoms with van der Waals surface area (Å²) in [5.74, 6) is 0.623. The zero-order chi connectivity index (χ0) is 22.0. The molecular formula is C25H22O6. The predicted octanol–water partition coefficient (Wildman–Crippen LogP) is 4.96. The van der Waals surface area contributed by atoms with Gasteiger partial charge in [0.25, 0.3) is 0 Å². The Morgan fingerprint density at radius 3 is 2.45 bits per heavy atom. The van der Waals surface area contributed by atoms with E-state index >= 15 is 0 Å². The minimum atomic E-state index is -0.545. The fourth-order valence-corrected chi connectivity index (χ4v) is 3.55. The number of hydrogen-bond acceptors (Lipinski definition) is 6. The van der Waals surface area contributed by atoms with E-state index in [4.69, 9.17) is 13.6 Å². The number of carbonyl (C=O) groups is 1. The van der Waals surface area contributed by atoms with Gasteiger partial charge >= 0.3 is 11.6 Å². The van der Waals surface area contributed by atoms with Crippen molar-refractivity contribution in [3.05, 3.63) is 98.8 Å². The van der Waals surface area contributed by atoms with Gasteiger partial charge in [-0.05, 0) is 49.2 Å². The smallest absolute Gasteiger partial charge is 0.373 e. The lowest BCUT2D eigenvalue weighted by atomic mass is 9.98. The van der Waals surface area contributed by atoms with Gasteiger partial charge in [0.2, 0.25) is 5.76 Å². The molecule has 6 nitrogen and oxygen atoms in total. The van der Waals surface area contributed by atoms with Crippen LogP contribution < -0.4 is 10.4 Å². The number of esters is 1. The van der Waals surface area contributed by atoms with Crippen LogP contribution in [0, 0.1) is 13.8 Å². The molecular weight excluding hydrogens is 396 g/mol. The molecule has 0 aliphatic rings. The van der Waals surface area contributed by atoms with Crippen molar-refractivity contribution < 1.29 is 23.1 Å². The highest BCUT2D eigenvalue weighted by Gasteiger charge is 2.16. The Balaban J connectivity index is 1.61. The Morgan fingerprint density at radius 2 is 1.71 bits per heavy atom. The zero-order valence-corrected chi connectivity index (χ0v) is 17.6. The number of fused-ring (bicyclic) bond motifs is 1. The van der Waals surface area contributed by atoms with E-state index in [-0.39, 0.29) is 18.0 Å². The maximum atomic E-state index is 12.7. The Hall–Kier alpha value is -3.80. The minimum absolute atomic E-state index is 0.115. The molecule has 31 heavy (non-hydrogen) atoms. The number of rotatable bonds is 6. The molecule has 0 amide bonds. The summed E-state index contributed by atoms with van der Waals surface area (Å²) in [6.45, 7) is 3.91. The Kier molecular flexibility index (Phi) is 5.62. The third kappa shape index (κ3) is 4.10. The molecule has 0 N–H and O–H groups in total. The summed E-state index contributed by atoms with van der Waals surface area (Å²) in [6, 6.07) is 16.8. The minimum Gasteiger partial charge on any atom is -0.485 e. The molecule has 0 saturated carbocycles. The van der Waals surface area contributed by atoms with Crippen LogP contribution in [0.25, 0.3) is 11.0 Å². The van der Waals surface area contributed by atoms with Gasteiger partial charge in [-0.2, -0.15) is 0 Å². The zero-order valence-electron chi connectivity index (χ0n) is 17.6. The molecule has 0 aliphatic heterocycles. The molecule has 4 rings (SSSR count). The normalized spacial score (nSPS) is 10.9. The van der Waals surface area contributed by atoms with Crippen LogP contribution in [-0.2, 0) is 17.8 Å². The van der Waals surface area contributed by atoms with E-state index in [0.29, 0.717) is 29.1 Å². The molecule has 2 heterocycles. The number of methoxy groups -OCH3 is 1. The second-order valence-electron chi connectivity index (χ2n) is 7.27. The molecule has 158 valence electrons. The topological polar surface area (TPSA) is 78.9 Å². The van der Waals surface area contributed by atoms with Gasteiger partial charge in [-0.15, -0.1) is 0 Å². The summed E-state index contributed by atoms with van der Waals surface area (Å²) >= 11 is 0. The van der Waals surface area contributed by atoms with Crippen molar-refractivity contribution in [1.29, 1.82) is 0 Å². The van der Waals surface area contributed by atoms with E-state index in [1.807, 2.05) is 56.3 Å². The highest BCUT2D eigenvalue weighted by Crippen LogP contribution is 2.30. The maximum Gasteiger partial charge on any atom is 0.373 e. The lowest BCUT2D eigenvalue weighted by molar-refractivity contribution is 0.0561. The van der Waals surface area contributed by atoms with Crippen LogP contribution in [0.3, 0.4) is 0 Å². The molecule has 6 heteroatoms.